The molecule has 2 aromatic rings. The van der Waals surface area contributed by atoms with Crippen LogP contribution in [0.15, 0.2) is 36.5 Å². The van der Waals surface area contributed by atoms with Crippen LogP contribution >= 0.6 is 0 Å². The van der Waals surface area contributed by atoms with Gasteiger partial charge in [0.1, 0.15) is 11.6 Å². The predicted octanol–water partition coefficient (Wildman–Crippen LogP) is 2.97. The maximum absolute atomic E-state index is 12.5. The zero-order valence-electron chi connectivity index (χ0n) is 16.2. The Morgan fingerprint density at radius 1 is 1.25 bits per heavy atom. The third-order valence-corrected chi connectivity index (χ3v) is 5.35. The van der Waals surface area contributed by atoms with Gasteiger partial charge in [-0.2, -0.15) is 4.98 Å². The molecule has 1 amide bonds. The fraction of sp³-hybridized carbons (Fsp3) is 0.476. The average Bonchev–Trinajstić information content (AvgIpc) is 3.57. The van der Waals surface area contributed by atoms with E-state index in [4.69, 9.17) is 4.74 Å². The first-order valence-corrected chi connectivity index (χ1v) is 9.98. The molecule has 1 aliphatic carbocycles. The number of ether oxygens (including phenoxy) is 1. The molecule has 2 N–H and O–H groups in total. The Kier molecular flexibility index (Phi) is 5.60. The predicted molar refractivity (Wildman–Crippen MR) is 109 cm³/mol. The largest absolute Gasteiger partial charge is 0.495 e. The van der Waals surface area contributed by atoms with Crippen molar-refractivity contribution in [3.8, 4) is 5.75 Å². The minimum absolute atomic E-state index is 0.00179. The molecular weight excluding hydrogens is 354 g/mol. The molecule has 2 heterocycles. The standard InChI is InChI=1S/C21H27N5O2/c1-28-18-7-3-2-6-17(18)24-19-10-11-22-21(25-19)26-12-4-5-16(14-26)20(27)23-13-15-8-9-15/h2-3,6-7,10-11,15-16H,4-5,8-9,12-14H2,1H3,(H,23,27)(H,22,24,25). The molecule has 2 fully saturated rings. The Bertz CT molecular complexity index is 824. The van der Waals surface area contributed by atoms with Gasteiger partial charge in [0.05, 0.1) is 18.7 Å². The highest BCUT2D eigenvalue weighted by Gasteiger charge is 2.29. The minimum Gasteiger partial charge on any atom is -0.495 e. The van der Waals surface area contributed by atoms with Gasteiger partial charge in [-0.25, -0.2) is 4.98 Å². The van der Waals surface area contributed by atoms with Crippen molar-refractivity contribution in [2.75, 3.05) is 37.0 Å². The topological polar surface area (TPSA) is 79.4 Å². The number of hydrogen-bond acceptors (Lipinski definition) is 6. The van der Waals surface area contributed by atoms with Crippen LogP contribution in [0.2, 0.25) is 0 Å². The maximum atomic E-state index is 12.5. The van der Waals surface area contributed by atoms with Crippen molar-refractivity contribution in [3.05, 3.63) is 36.5 Å². The van der Waals surface area contributed by atoms with Gasteiger partial charge in [0.15, 0.2) is 0 Å². The van der Waals surface area contributed by atoms with E-state index >= 15 is 0 Å². The molecule has 1 aliphatic heterocycles. The molecule has 1 atom stereocenters. The monoisotopic (exact) mass is 381 g/mol. The number of para-hydroxylation sites is 2. The summed E-state index contributed by atoms with van der Waals surface area (Å²) >= 11 is 0. The zero-order valence-corrected chi connectivity index (χ0v) is 16.2. The van der Waals surface area contributed by atoms with Crippen LogP contribution in [0.3, 0.4) is 0 Å². The number of hydrogen-bond donors (Lipinski definition) is 2. The third-order valence-electron chi connectivity index (χ3n) is 5.35. The summed E-state index contributed by atoms with van der Waals surface area (Å²) in [7, 11) is 1.65. The molecule has 28 heavy (non-hydrogen) atoms. The third kappa shape index (κ3) is 4.52. The molecule has 1 aromatic heterocycles. The number of amides is 1. The molecule has 2 aliphatic rings. The van der Waals surface area contributed by atoms with Gasteiger partial charge in [-0.3, -0.25) is 4.79 Å². The molecule has 148 valence electrons. The number of nitrogens with zero attached hydrogens (tertiary/aromatic N) is 3. The molecular formula is C21H27N5O2. The number of aromatic nitrogens is 2. The lowest BCUT2D eigenvalue weighted by atomic mass is 9.97. The Morgan fingerprint density at radius 2 is 2.11 bits per heavy atom. The first kappa shape index (κ1) is 18.5. The highest BCUT2D eigenvalue weighted by atomic mass is 16.5. The van der Waals surface area contributed by atoms with E-state index in [0.717, 1.165) is 37.4 Å². The maximum Gasteiger partial charge on any atom is 0.227 e. The van der Waals surface area contributed by atoms with Crippen molar-refractivity contribution in [2.45, 2.75) is 25.7 Å². The summed E-state index contributed by atoms with van der Waals surface area (Å²) in [4.78, 5) is 23.7. The molecule has 1 saturated heterocycles. The molecule has 7 nitrogen and oxygen atoms in total. The van der Waals surface area contributed by atoms with Crippen LogP contribution in [-0.4, -0.2) is 42.6 Å². The van der Waals surface area contributed by atoms with Gasteiger partial charge in [0.2, 0.25) is 11.9 Å². The van der Waals surface area contributed by atoms with Gasteiger partial charge < -0.3 is 20.3 Å². The van der Waals surface area contributed by atoms with Crippen molar-refractivity contribution in [3.63, 3.8) is 0 Å². The first-order chi connectivity index (χ1) is 13.7. The summed E-state index contributed by atoms with van der Waals surface area (Å²) in [6.07, 6.45) is 6.13. The molecule has 0 bridgehead atoms. The van der Waals surface area contributed by atoms with Gasteiger partial charge in [0.25, 0.3) is 0 Å². The molecule has 0 radical (unpaired) electrons. The molecule has 1 saturated carbocycles. The highest BCUT2D eigenvalue weighted by molar-refractivity contribution is 5.79. The Morgan fingerprint density at radius 3 is 2.93 bits per heavy atom. The lowest BCUT2D eigenvalue weighted by Crippen LogP contribution is -2.44. The van der Waals surface area contributed by atoms with Gasteiger partial charge in [-0.15, -0.1) is 0 Å². The van der Waals surface area contributed by atoms with Gasteiger partial charge >= 0.3 is 0 Å². The number of nitrogens with one attached hydrogen (secondary N) is 2. The summed E-state index contributed by atoms with van der Waals surface area (Å²) < 4.78 is 5.39. The van der Waals surface area contributed by atoms with Crippen molar-refractivity contribution in [2.24, 2.45) is 11.8 Å². The fourth-order valence-electron chi connectivity index (χ4n) is 3.54. The number of rotatable bonds is 7. The van der Waals surface area contributed by atoms with Crippen LogP contribution in [0.5, 0.6) is 5.75 Å². The van der Waals surface area contributed by atoms with E-state index in [1.54, 1.807) is 13.3 Å². The SMILES string of the molecule is COc1ccccc1Nc1ccnc(N2CCCC(C(=O)NCC3CC3)C2)n1. The van der Waals surface area contributed by atoms with Crippen molar-refractivity contribution >= 4 is 23.4 Å². The van der Waals surface area contributed by atoms with Crippen LogP contribution in [0, 0.1) is 11.8 Å². The second-order valence-electron chi connectivity index (χ2n) is 7.54. The number of methoxy groups -OCH3 is 1. The smallest absolute Gasteiger partial charge is 0.227 e. The average molecular weight is 381 g/mol. The Hall–Kier alpha value is -2.83. The number of anilines is 3. The van der Waals surface area contributed by atoms with Gasteiger partial charge in [0, 0.05) is 25.8 Å². The highest BCUT2D eigenvalue weighted by Crippen LogP contribution is 2.29. The van der Waals surface area contributed by atoms with Crippen molar-refractivity contribution < 1.29 is 9.53 Å². The van der Waals surface area contributed by atoms with Gasteiger partial charge in [-0.05, 0) is 49.8 Å². The summed E-state index contributed by atoms with van der Waals surface area (Å²) in [5.74, 6) is 2.98. The number of carbonyl (C=O) groups excluding carboxylic acids is 1. The molecule has 1 aromatic carbocycles. The summed E-state index contributed by atoms with van der Waals surface area (Å²) in [6.45, 7) is 2.35. The van der Waals surface area contributed by atoms with E-state index < -0.39 is 0 Å². The second kappa shape index (κ2) is 8.46. The second-order valence-corrected chi connectivity index (χ2v) is 7.54. The molecule has 0 spiro atoms. The number of benzene rings is 1. The van der Waals surface area contributed by atoms with Crippen LogP contribution in [0.4, 0.5) is 17.5 Å². The fourth-order valence-corrected chi connectivity index (χ4v) is 3.54. The minimum atomic E-state index is 0.00179. The Balaban J connectivity index is 1.42. The van der Waals surface area contributed by atoms with Crippen molar-refractivity contribution in [1.82, 2.24) is 15.3 Å². The first-order valence-electron chi connectivity index (χ1n) is 9.98. The van der Waals surface area contributed by atoms with Crippen LogP contribution < -0.4 is 20.3 Å². The van der Waals surface area contributed by atoms with E-state index in [1.807, 2.05) is 30.3 Å². The Labute approximate surface area is 165 Å². The van der Waals surface area contributed by atoms with Crippen LogP contribution in [0.1, 0.15) is 25.7 Å². The molecule has 4 rings (SSSR count). The molecule has 1 unspecified atom stereocenters. The lowest BCUT2D eigenvalue weighted by molar-refractivity contribution is -0.125. The van der Waals surface area contributed by atoms with Crippen LogP contribution in [0.25, 0.3) is 0 Å². The van der Waals surface area contributed by atoms with E-state index in [-0.39, 0.29) is 11.8 Å². The van der Waals surface area contributed by atoms with E-state index in [2.05, 4.69) is 25.5 Å². The number of carbonyl (C=O) groups is 1. The normalized spacial score (nSPS) is 19.2. The zero-order chi connectivity index (χ0) is 19.3. The quantitative estimate of drug-likeness (QED) is 0.768. The number of piperidine rings is 1. The van der Waals surface area contributed by atoms with Crippen molar-refractivity contribution in [1.29, 1.82) is 0 Å². The summed E-state index contributed by atoms with van der Waals surface area (Å²) in [5.41, 5.74) is 0.852. The van der Waals surface area contributed by atoms with E-state index in [9.17, 15) is 4.79 Å². The molecule has 7 heteroatoms. The lowest BCUT2D eigenvalue weighted by Gasteiger charge is -2.32. The summed E-state index contributed by atoms with van der Waals surface area (Å²) in [6, 6.07) is 9.56. The van der Waals surface area contributed by atoms with Gasteiger partial charge in [-0.1, -0.05) is 12.1 Å². The van der Waals surface area contributed by atoms with Crippen LogP contribution in [-0.2, 0) is 4.79 Å². The van der Waals surface area contributed by atoms with E-state index in [0.29, 0.717) is 24.2 Å². The van der Waals surface area contributed by atoms with E-state index in [1.165, 1.54) is 12.8 Å². The summed E-state index contributed by atoms with van der Waals surface area (Å²) in [5, 5.41) is 6.40.